The fraction of sp³-hybridized carbons (Fsp3) is 0.214. The van der Waals surface area contributed by atoms with Gasteiger partial charge in [0.25, 0.3) is 0 Å². The third-order valence-corrected chi connectivity index (χ3v) is 2.87. The van der Waals surface area contributed by atoms with Crippen molar-refractivity contribution in [2.45, 2.75) is 13.0 Å². The van der Waals surface area contributed by atoms with Crippen LogP contribution in [0.25, 0.3) is 10.8 Å². The third kappa shape index (κ3) is 2.63. The molecular weight excluding hydrogens is 212 g/mol. The Morgan fingerprint density at radius 3 is 2.71 bits per heavy atom. The summed E-state index contributed by atoms with van der Waals surface area (Å²) in [5.74, 6) is -0.336. The first-order chi connectivity index (χ1) is 8.18. The van der Waals surface area contributed by atoms with Crippen LogP contribution in [0.15, 0.2) is 42.5 Å². The van der Waals surface area contributed by atoms with E-state index in [9.17, 15) is 4.79 Å². The fourth-order valence-corrected chi connectivity index (χ4v) is 1.99. The highest BCUT2D eigenvalue weighted by Gasteiger charge is 2.08. The molecule has 2 aromatic carbocycles. The predicted molar refractivity (Wildman–Crippen MR) is 69.6 cm³/mol. The van der Waals surface area contributed by atoms with Gasteiger partial charge in [0.05, 0.1) is 6.54 Å². The Balaban J connectivity index is 2.31. The average Bonchev–Trinajstić information content (AvgIpc) is 2.35. The Bertz CT molecular complexity index is 531. The minimum absolute atomic E-state index is 0.105. The maximum atomic E-state index is 10.8. The molecule has 1 atom stereocenters. The topological polar surface area (TPSA) is 55.1 Å². The second kappa shape index (κ2) is 4.97. The number of amides is 1. The molecule has 0 saturated heterocycles. The summed E-state index contributed by atoms with van der Waals surface area (Å²) in [5, 5.41) is 5.53. The highest BCUT2D eigenvalue weighted by atomic mass is 16.1. The van der Waals surface area contributed by atoms with Crippen LogP contribution in [0.2, 0.25) is 0 Å². The molecule has 0 heterocycles. The monoisotopic (exact) mass is 228 g/mol. The molecule has 0 saturated carbocycles. The number of rotatable bonds is 4. The normalized spacial score (nSPS) is 12.5. The Morgan fingerprint density at radius 2 is 1.94 bits per heavy atom. The Morgan fingerprint density at radius 1 is 1.24 bits per heavy atom. The SMILES string of the molecule is C[C@@H](NCC(N)=O)c1cccc2ccccc12. The number of primary amides is 1. The van der Waals surface area contributed by atoms with Crippen molar-refractivity contribution < 1.29 is 4.79 Å². The van der Waals surface area contributed by atoms with Crippen LogP contribution < -0.4 is 11.1 Å². The summed E-state index contributed by atoms with van der Waals surface area (Å²) in [6, 6.07) is 14.5. The van der Waals surface area contributed by atoms with E-state index in [4.69, 9.17) is 5.73 Å². The van der Waals surface area contributed by atoms with E-state index in [0.717, 1.165) is 0 Å². The minimum atomic E-state index is -0.336. The number of hydrogen-bond acceptors (Lipinski definition) is 2. The second-order valence-corrected chi connectivity index (χ2v) is 4.14. The number of nitrogens with one attached hydrogen (secondary N) is 1. The average molecular weight is 228 g/mol. The molecule has 0 aliphatic rings. The van der Waals surface area contributed by atoms with Crippen molar-refractivity contribution in [2.75, 3.05) is 6.54 Å². The maximum absolute atomic E-state index is 10.8. The van der Waals surface area contributed by atoms with Crippen LogP contribution in [0.5, 0.6) is 0 Å². The largest absolute Gasteiger partial charge is 0.369 e. The fourth-order valence-electron chi connectivity index (χ4n) is 1.99. The number of carbonyl (C=O) groups is 1. The number of benzene rings is 2. The van der Waals surface area contributed by atoms with Crippen LogP contribution in [0.1, 0.15) is 18.5 Å². The molecule has 0 spiro atoms. The highest BCUT2D eigenvalue weighted by Crippen LogP contribution is 2.23. The van der Waals surface area contributed by atoms with Crippen molar-refractivity contribution in [1.29, 1.82) is 0 Å². The second-order valence-electron chi connectivity index (χ2n) is 4.14. The molecule has 0 radical (unpaired) electrons. The standard InChI is InChI=1S/C14H16N2O/c1-10(16-9-14(15)17)12-8-4-6-11-5-2-3-7-13(11)12/h2-8,10,16H,9H2,1H3,(H2,15,17)/t10-/m1/s1. The van der Waals surface area contributed by atoms with E-state index in [1.807, 2.05) is 25.1 Å². The van der Waals surface area contributed by atoms with Gasteiger partial charge in [0, 0.05) is 6.04 Å². The van der Waals surface area contributed by atoms with Crippen LogP contribution in [0, 0.1) is 0 Å². The van der Waals surface area contributed by atoms with Gasteiger partial charge in [0.1, 0.15) is 0 Å². The van der Waals surface area contributed by atoms with Crippen LogP contribution >= 0.6 is 0 Å². The molecule has 3 nitrogen and oxygen atoms in total. The Labute approximate surface area is 101 Å². The zero-order valence-electron chi connectivity index (χ0n) is 9.81. The molecule has 0 fully saturated rings. The smallest absolute Gasteiger partial charge is 0.231 e. The molecular formula is C14H16N2O. The van der Waals surface area contributed by atoms with Crippen LogP contribution in [0.3, 0.4) is 0 Å². The van der Waals surface area contributed by atoms with E-state index in [1.165, 1.54) is 16.3 Å². The van der Waals surface area contributed by atoms with Gasteiger partial charge in [-0.1, -0.05) is 42.5 Å². The van der Waals surface area contributed by atoms with Gasteiger partial charge in [-0.25, -0.2) is 0 Å². The molecule has 17 heavy (non-hydrogen) atoms. The summed E-state index contributed by atoms with van der Waals surface area (Å²) >= 11 is 0. The predicted octanol–water partition coefficient (Wildman–Crippen LogP) is 1.98. The van der Waals surface area contributed by atoms with E-state index >= 15 is 0 Å². The first-order valence-electron chi connectivity index (χ1n) is 5.68. The number of fused-ring (bicyclic) bond motifs is 1. The summed E-state index contributed by atoms with van der Waals surface area (Å²) in [6.45, 7) is 2.23. The lowest BCUT2D eigenvalue weighted by atomic mass is 10.00. The molecule has 0 unspecified atom stereocenters. The molecule has 1 amide bonds. The number of nitrogens with two attached hydrogens (primary N) is 1. The summed E-state index contributed by atoms with van der Waals surface area (Å²) in [6.07, 6.45) is 0. The minimum Gasteiger partial charge on any atom is -0.369 e. The summed E-state index contributed by atoms with van der Waals surface area (Å²) in [5.41, 5.74) is 6.31. The van der Waals surface area contributed by atoms with Crippen molar-refractivity contribution in [3.63, 3.8) is 0 Å². The van der Waals surface area contributed by atoms with Crippen molar-refractivity contribution in [3.8, 4) is 0 Å². The van der Waals surface area contributed by atoms with Crippen molar-refractivity contribution >= 4 is 16.7 Å². The zero-order chi connectivity index (χ0) is 12.3. The van der Waals surface area contributed by atoms with E-state index in [1.54, 1.807) is 0 Å². The van der Waals surface area contributed by atoms with Gasteiger partial charge in [0.2, 0.25) is 5.91 Å². The van der Waals surface area contributed by atoms with Crippen molar-refractivity contribution in [3.05, 3.63) is 48.0 Å². The van der Waals surface area contributed by atoms with E-state index in [-0.39, 0.29) is 18.5 Å². The first kappa shape index (κ1) is 11.6. The van der Waals surface area contributed by atoms with Gasteiger partial charge in [-0.2, -0.15) is 0 Å². The summed E-state index contributed by atoms with van der Waals surface area (Å²) in [7, 11) is 0. The molecule has 2 aromatic rings. The molecule has 0 aliphatic carbocycles. The van der Waals surface area contributed by atoms with E-state index in [0.29, 0.717) is 0 Å². The Kier molecular flexibility index (Phi) is 3.40. The van der Waals surface area contributed by atoms with Gasteiger partial charge in [-0.05, 0) is 23.3 Å². The van der Waals surface area contributed by atoms with Crippen LogP contribution in [0.4, 0.5) is 0 Å². The van der Waals surface area contributed by atoms with Gasteiger partial charge >= 0.3 is 0 Å². The molecule has 3 heteroatoms. The molecule has 2 rings (SSSR count). The quantitative estimate of drug-likeness (QED) is 0.840. The molecule has 0 aliphatic heterocycles. The Hall–Kier alpha value is -1.87. The lowest BCUT2D eigenvalue weighted by Crippen LogP contribution is -2.30. The van der Waals surface area contributed by atoms with Crippen molar-refractivity contribution in [2.24, 2.45) is 5.73 Å². The van der Waals surface area contributed by atoms with Crippen LogP contribution in [-0.4, -0.2) is 12.5 Å². The first-order valence-corrected chi connectivity index (χ1v) is 5.68. The lowest BCUT2D eigenvalue weighted by Gasteiger charge is -2.15. The number of hydrogen-bond donors (Lipinski definition) is 2. The van der Waals surface area contributed by atoms with Crippen LogP contribution in [-0.2, 0) is 4.79 Å². The highest BCUT2D eigenvalue weighted by molar-refractivity contribution is 5.86. The molecule has 88 valence electrons. The summed E-state index contributed by atoms with van der Waals surface area (Å²) in [4.78, 5) is 10.8. The molecule has 0 aromatic heterocycles. The molecule has 0 bridgehead atoms. The van der Waals surface area contributed by atoms with Gasteiger partial charge in [-0.15, -0.1) is 0 Å². The van der Waals surface area contributed by atoms with Gasteiger partial charge < -0.3 is 11.1 Å². The van der Waals surface area contributed by atoms with Crippen molar-refractivity contribution in [1.82, 2.24) is 5.32 Å². The molecule has 3 N–H and O–H groups in total. The summed E-state index contributed by atoms with van der Waals surface area (Å²) < 4.78 is 0. The van der Waals surface area contributed by atoms with E-state index < -0.39 is 0 Å². The van der Waals surface area contributed by atoms with Gasteiger partial charge in [-0.3, -0.25) is 4.79 Å². The van der Waals surface area contributed by atoms with Gasteiger partial charge in [0.15, 0.2) is 0 Å². The van der Waals surface area contributed by atoms with E-state index in [2.05, 4.69) is 29.6 Å². The lowest BCUT2D eigenvalue weighted by molar-refractivity contribution is -0.117. The maximum Gasteiger partial charge on any atom is 0.231 e. The third-order valence-electron chi connectivity index (χ3n) is 2.87. The zero-order valence-corrected chi connectivity index (χ0v) is 9.81. The number of carbonyl (C=O) groups excluding carboxylic acids is 1.